The van der Waals surface area contributed by atoms with Gasteiger partial charge >= 0.3 is 0 Å². The molecule has 1 aromatic carbocycles. The first-order chi connectivity index (χ1) is 8.74. The highest BCUT2D eigenvalue weighted by molar-refractivity contribution is 6.30. The second-order valence-corrected chi connectivity index (χ2v) is 4.85. The molecule has 0 saturated carbocycles. The molecule has 0 aromatic heterocycles. The maximum atomic E-state index is 11.7. The molecule has 0 bridgehead atoms. The van der Waals surface area contributed by atoms with Crippen molar-refractivity contribution < 1.29 is 4.79 Å². The number of halogens is 1. The van der Waals surface area contributed by atoms with Crippen LogP contribution in [0, 0.1) is 0 Å². The Kier molecular flexibility index (Phi) is 4.79. The molecule has 2 rings (SSSR count). The monoisotopic (exact) mass is 264 g/mol. The standard InChI is InChI=1S/C14H17ClN2O/c15-13-6-4-5-12(11-13)7-8-14(18)16-17-9-2-1-3-10-17/h4-8,11H,1-3,9-10H2,(H,16,18)/b8-7+. The van der Waals surface area contributed by atoms with E-state index < -0.39 is 0 Å². The third kappa shape index (κ3) is 4.17. The van der Waals surface area contributed by atoms with E-state index in [2.05, 4.69) is 5.43 Å². The predicted octanol–water partition coefficient (Wildman–Crippen LogP) is 2.87. The number of hydrazine groups is 1. The zero-order valence-electron chi connectivity index (χ0n) is 10.2. The van der Waals surface area contributed by atoms with Crippen LogP contribution < -0.4 is 5.43 Å². The molecule has 0 atom stereocenters. The minimum atomic E-state index is -0.0862. The Morgan fingerprint density at radius 3 is 2.78 bits per heavy atom. The summed E-state index contributed by atoms with van der Waals surface area (Å²) in [6.45, 7) is 1.88. The van der Waals surface area contributed by atoms with E-state index in [0.29, 0.717) is 5.02 Å². The Bertz CT molecular complexity index is 439. The number of piperidine rings is 1. The van der Waals surface area contributed by atoms with E-state index >= 15 is 0 Å². The first kappa shape index (κ1) is 13.1. The number of nitrogens with one attached hydrogen (secondary N) is 1. The molecule has 1 aliphatic heterocycles. The molecular formula is C14H17ClN2O. The topological polar surface area (TPSA) is 32.3 Å². The molecule has 4 heteroatoms. The van der Waals surface area contributed by atoms with Crippen LogP contribution in [0.4, 0.5) is 0 Å². The maximum absolute atomic E-state index is 11.7. The van der Waals surface area contributed by atoms with Crippen molar-refractivity contribution in [2.45, 2.75) is 19.3 Å². The molecule has 0 spiro atoms. The fourth-order valence-electron chi connectivity index (χ4n) is 1.98. The summed E-state index contributed by atoms with van der Waals surface area (Å²) in [7, 11) is 0. The van der Waals surface area contributed by atoms with Gasteiger partial charge in [0.2, 0.25) is 0 Å². The number of hydrogen-bond acceptors (Lipinski definition) is 2. The van der Waals surface area contributed by atoms with E-state index in [-0.39, 0.29) is 5.91 Å². The average Bonchev–Trinajstić information content (AvgIpc) is 2.38. The normalized spacial score (nSPS) is 16.9. The van der Waals surface area contributed by atoms with E-state index in [9.17, 15) is 4.79 Å². The quantitative estimate of drug-likeness (QED) is 0.852. The van der Waals surface area contributed by atoms with Crippen LogP contribution in [0.2, 0.25) is 5.02 Å². The molecule has 96 valence electrons. The number of amides is 1. The SMILES string of the molecule is O=C(/C=C/c1cccc(Cl)c1)NN1CCCCC1. The molecular weight excluding hydrogens is 248 g/mol. The summed E-state index contributed by atoms with van der Waals surface area (Å²) in [5, 5.41) is 2.65. The van der Waals surface area contributed by atoms with Crippen molar-refractivity contribution in [1.29, 1.82) is 0 Å². The van der Waals surface area contributed by atoms with Crippen LogP contribution in [0.5, 0.6) is 0 Å². The summed E-state index contributed by atoms with van der Waals surface area (Å²) in [6.07, 6.45) is 6.87. The zero-order valence-corrected chi connectivity index (χ0v) is 11.0. The van der Waals surface area contributed by atoms with E-state index in [1.165, 1.54) is 6.42 Å². The molecule has 1 saturated heterocycles. The van der Waals surface area contributed by atoms with Crippen molar-refractivity contribution in [3.05, 3.63) is 40.9 Å². The lowest BCUT2D eigenvalue weighted by Gasteiger charge is -2.26. The highest BCUT2D eigenvalue weighted by atomic mass is 35.5. The number of nitrogens with zero attached hydrogens (tertiary/aromatic N) is 1. The Balaban J connectivity index is 1.86. The largest absolute Gasteiger partial charge is 0.285 e. The highest BCUT2D eigenvalue weighted by Crippen LogP contribution is 2.11. The first-order valence-corrected chi connectivity index (χ1v) is 6.61. The molecule has 0 unspecified atom stereocenters. The Hall–Kier alpha value is -1.32. The summed E-state index contributed by atoms with van der Waals surface area (Å²) in [5.41, 5.74) is 3.81. The molecule has 1 heterocycles. The lowest BCUT2D eigenvalue weighted by Crippen LogP contribution is -2.44. The van der Waals surface area contributed by atoms with Gasteiger partial charge in [0.15, 0.2) is 0 Å². The second kappa shape index (κ2) is 6.57. The van der Waals surface area contributed by atoms with Crippen molar-refractivity contribution in [3.8, 4) is 0 Å². The van der Waals surface area contributed by atoms with Gasteiger partial charge in [-0.1, -0.05) is 30.2 Å². The third-order valence-corrected chi connectivity index (χ3v) is 3.14. The Morgan fingerprint density at radius 1 is 1.28 bits per heavy atom. The number of carbonyl (C=O) groups is 1. The van der Waals surface area contributed by atoms with Gasteiger partial charge in [-0.3, -0.25) is 10.2 Å². The molecule has 1 N–H and O–H groups in total. The predicted molar refractivity (Wildman–Crippen MR) is 74.1 cm³/mol. The first-order valence-electron chi connectivity index (χ1n) is 6.23. The van der Waals surface area contributed by atoms with Crippen LogP contribution in [0.1, 0.15) is 24.8 Å². The summed E-state index contributed by atoms with van der Waals surface area (Å²) < 4.78 is 0. The number of rotatable bonds is 3. The van der Waals surface area contributed by atoms with Gasteiger partial charge in [0, 0.05) is 24.2 Å². The summed E-state index contributed by atoms with van der Waals surface area (Å²) >= 11 is 5.87. The van der Waals surface area contributed by atoms with Crippen molar-refractivity contribution >= 4 is 23.6 Å². The second-order valence-electron chi connectivity index (χ2n) is 4.41. The minimum absolute atomic E-state index is 0.0862. The van der Waals surface area contributed by atoms with Gasteiger partial charge < -0.3 is 0 Å². The maximum Gasteiger partial charge on any atom is 0.258 e. The molecule has 0 aliphatic carbocycles. The molecule has 1 aliphatic rings. The fraction of sp³-hybridized carbons (Fsp3) is 0.357. The van der Waals surface area contributed by atoms with Gasteiger partial charge in [0.1, 0.15) is 0 Å². The van der Waals surface area contributed by atoms with E-state index in [4.69, 9.17) is 11.6 Å². The average molecular weight is 265 g/mol. The van der Waals surface area contributed by atoms with Gasteiger partial charge in [0.05, 0.1) is 0 Å². The molecule has 0 radical (unpaired) electrons. The van der Waals surface area contributed by atoms with Gasteiger partial charge in [-0.15, -0.1) is 0 Å². The third-order valence-electron chi connectivity index (χ3n) is 2.90. The lowest BCUT2D eigenvalue weighted by atomic mass is 10.2. The molecule has 3 nitrogen and oxygen atoms in total. The summed E-state index contributed by atoms with van der Waals surface area (Å²) in [6, 6.07) is 7.42. The number of carbonyl (C=O) groups excluding carboxylic acids is 1. The van der Waals surface area contributed by atoms with Gasteiger partial charge in [0.25, 0.3) is 5.91 Å². The van der Waals surface area contributed by atoms with Crippen LogP contribution in [0.25, 0.3) is 6.08 Å². The van der Waals surface area contributed by atoms with Crippen molar-refractivity contribution in [1.82, 2.24) is 10.4 Å². The molecule has 1 fully saturated rings. The van der Waals surface area contributed by atoms with Crippen LogP contribution in [0.3, 0.4) is 0 Å². The summed E-state index contributed by atoms with van der Waals surface area (Å²) in [5.74, 6) is -0.0862. The van der Waals surface area contributed by atoms with Gasteiger partial charge in [-0.2, -0.15) is 0 Å². The van der Waals surface area contributed by atoms with Crippen LogP contribution in [-0.2, 0) is 4.79 Å². The van der Waals surface area contributed by atoms with Crippen LogP contribution in [0.15, 0.2) is 30.3 Å². The van der Waals surface area contributed by atoms with E-state index in [0.717, 1.165) is 31.5 Å². The smallest absolute Gasteiger partial charge is 0.258 e. The van der Waals surface area contributed by atoms with Crippen LogP contribution >= 0.6 is 11.6 Å². The zero-order chi connectivity index (χ0) is 12.8. The van der Waals surface area contributed by atoms with E-state index in [1.54, 1.807) is 12.2 Å². The molecule has 18 heavy (non-hydrogen) atoms. The van der Waals surface area contributed by atoms with Crippen molar-refractivity contribution in [2.24, 2.45) is 0 Å². The highest BCUT2D eigenvalue weighted by Gasteiger charge is 2.10. The fourth-order valence-corrected chi connectivity index (χ4v) is 2.18. The molecule has 1 aromatic rings. The molecule has 1 amide bonds. The van der Waals surface area contributed by atoms with Gasteiger partial charge in [-0.05, 0) is 36.6 Å². The number of benzene rings is 1. The van der Waals surface area contributed by atoms with Crippen molar-refractivity contribution in [3.63, 3.8) is 0 Å². The van der Waals surface area contributed by atoms with E-state index in [1.807, 2.05) is 29.3 Å². The summed E-state index contributed by atoms with van der Waals surface area (Å²) in [4.78, 5) is 11.7. The lowest BCUT2D eigenvalue weighted by molar-refractivity contribution is -0.121. The number of hydrogen-bond donors (Lipinski definition) is 1. The minimum Gasteiger partial charge on any atom is -0.285 e. The van der Waals surface area contributed by atoms with Crippen LogP contribution in [-0.4, -0.2) is 24.0 Å². The van der Waals surface area contributed by atoms with Gasteiger partial charge in [-0.25, -0.2) is 5.01 Å². The van der Waals surface area contributed by atoms with Crippen molar-refractivity contribution in [2.75, 3.05) is 13.1 Å². The Morgan fingerprint density at radius 2 is 2.06 bits per heavy atom. The Labute approximate surface area is 112 Å².